The van der Waals surface area contributed by atoms with Crippen LogP contribution in [-0.2, 0) is 0 Å². The van der Waals surface area contributed by atoms with Crippen molar-refractivity contribution >= 4 is 23.2 Å². The van der Waals surface area contributed by atoms with E-state index in [9.17, 15) is 4.79 Å². The van der Waals surface area contributed by atoms with E-state index in [1.807, 2.05) is 32.0 Å². The number of methoxy groups -OCH3 is 2. The summed E-state index contributed by atoms with van der Waals surface area (Å²) in [5.41, 5.74) is 2.45. The van der Waals surface area contributed by atoms with Crippen molar-refractivity contribution in [1.29, 1.82) is 0 Å². The van der Waals surface area contributed by atoms with Crippen molar-refractivity contribution in [2.75, 3.05) is 19.5 Å². The molecule has 4 heterocycles. The van der Waals surface area contributed by atoms with E-state index in [1.54, 1.807) is 42.2 Å². The summed E-state index contributed by atoms with van der Waals surface area (Å²) in [7, 11) is 3.10. The van der Waals surface area contributed by atoms with Crippen LogP contribution in [0.2, 0.25) is 0 Å². The highest BCUT2D eigenvalue weighted by Gasteiger charge is 2.12. The Kier molecular flexibility index (Phi) is 5.84. The first-order valence-corrected chi connectivity index (χ1v) is 9.96. The standard InChI is InChI=1S/C22H23N7O3/c1-13(2)24-21(30)16-6-5-7-18(25-16)26-19-12-29-20(27-19)9-8-15(28-29)14-10-17(31-3)22(32-4)23-11-14/h5-13H,1-4H3,(H,24,30)(H,25,26). The number of anilines is 2. The quantitative estimate of drug-likeness (QED) is 0.457. The maximum atomic E-state index is 12.2. The largest absolute Gasteiger partial charge is 0.491 e. The molecule has 32 heavy (non-hydrogen) atoms. The Hall–Kier alpha value is -4.21. The van der Waals surface area contributed by atoms with Crippen LogP contribution < -0.4 is 20.1 Å². The van der Waals surface area contributed by atoms with Gasteiger partial charge in [0.2, 0.25) is 0 Å². The highest BCUT2D eigenvalue weighted by molar-refractivity contribution is 5.92. The molecule has 0 fully saturated rings. The van der Waals surface area contributed by atoms with E-state index in [4.69, 9.17) is 9.47 Å². The number of nitrogens with zero attached hydrogens (tertiary/aromatic N) is 5. The van der Waals surface area contributed by atoms with Gasteiger partial charge in [0.25, 0.3) is 11.8 Å². The van der Waals surface area contributed by atoms with Crippen LogP contribution in [0.1, 0.15) is 24.3 Å². The molecule has 0 aliphatic carbocycles. The van der Waals surface area contributed by atoms with Gasteiger partial charge in [-0.05, 0) is 44.2 Å². The molecule has 0 aromatic carbocycles. The van der Waals surface area contributed by atoms with Crippen molar-refractivity contribution < 1.29 is 14.3 Å². The van der Waals surface area contributed by atoms with Crippen LogP contribution in [0.25, 0.3) is 16.9 Å². The average molecular weight is 433 g/mol. The lowest BCUT2D eigenvalue weighted by Crippen LogP contribution is -2.30. The predicted molar refractivity (Wildman–Crippen MR) is 119 cm³/mol. The summed E-state index contributed by atoms with van der Waals surface area (Å²) in [4.78, 5) is 25.3. The van der Waals surface area contributed by atoms with Gasteiger partial charge in [-0.3, -0.25) is 4.79 Å². The van der Waals surface area contributed by atoms with E-state index in [0.29, 0.717) is 40.3 Å². The summed E-state index contributed by atoms with van der Waals surface area (Å²) in [5, 5.41) is 10.6. The van der Waals surface area contributed by atoms with Gasteiger partial charge < -0.3 is 20.1 Å². The number of hydrogen-bond donors (Lipinski definition) is 2. The third-order valence-corrected chi connectivity index (χ3v) is 4.50. The molecule has 0 atom stereocenters. The summed E-state index contributed by atoms with van der Waals surface area (Å²) >= 11 is 0. The molecule has 0 aliphatic rings. The molecule has 1 amide bonds. The molecule has 0 unspecified atom stereocenters. The third kappa shape index (κ3) is 4.43. The SMILES string of the molecule is COc1cc(-c2ccc3nc(Nc4cccc(C(=O)NC(C)C)n4)cn3n2)cnc1OC. The Morgan fingerprint density at radius 1 is 1.06 bits per heavy atom. The monoisotopic (exact) mass is 433 g/mol. The van der Waals surface area contributed by atoms with E-state index < -0.39 is 0 Å². The smallest absolute Gasteiger partial charge is 0.270 e. The number of fused-ring (bicyclic) bond motifs is 1. The molecule has 0 saturated heterocycles. The molecule has 2 N–H and O–H groups in total. The molecule has 4 aromatic heterocycles. The van der Waals surface area contributed by atoms with Gasteiger partial charge in [-0.1, -0.05) is 6.07 Å². The van der Waals surface area contributed by atoms with Crippen LogP contribution in [0.5, 0.6) is 11.6 Å². The number of ether oxygens (including phenoxy) is 2. The number of amides is 1. The van der Waals surface area contributed by atoms with Crippen molar-refractivity contribution in [1.82, 2.24) is 29.9 Å². The molecule has 10 heteroatoms. The maximum Gasteiger partial charge on any atom is 0.270 e. The van der Waals surface area contributed by atoms with Gasteiger partial charge in [-0.25, -0.2) is 19.5 Å². The molecule has 0 saturated carbocycles. The first-order valence-electron chi connectivity index (χ1n) is 9.96. The topological polar surface area (TPSA) is 116 Å². The van der Waals surface area contributed by atoms with E-state index in [-0.39, 0.29) is 11.9 Å². The molecule has 0 radical (unpaired) electrons. The summed E-state index contributed by atoms with van der Waals surface area (Å²) in [6, 6.07) is 10.7. The lowest BCUT2D eigenvalue weighted by Gasteiger charge is -2.08. The fraction of sp³-hybridized carbons (Fsp3) is 0.227. The number of nitrogens with one attached hydrogen (secondary N) is 2. The first-order chi connectivity index (χ1) is 15.5. The lowest BCUT2D eigenvalue weighted by atomic mass is 10.2. The zero-order valence-corrected chi connectivity index (χ0v) is 18.2. The minimum atomic E-state index is -0.228. The van der Waals surface area contributed by atoms with Crippen LogP contribution in [-0.4, -0.2) is 50.7 Å². The molecular formula is C22H23N7O3. The molecule has 4 rings (SSSR count). The summed E-state index contributed by atoms with van der Waals surface area (Å²) in [6.07, 6.45) is 3.42. The summed E-state index contributed by atoms with van der Waals surface area (Å²) in [5.74, 6) is 1.76. The van der Waals surface area contributed by atoms with Crippen LogP contribution in [0.15, 0.2) is 48.8 Å². The highest BCUT2D eigenvalue weighted by Crippen LogP contribution is 2.29. The Morgan fingerprint density at radius 2 is 1.91 bits per heavy atom. The van der Waals surface area contributed by atoms with Crippen LogP contribution in [0.3, 0.4) is 0 Å². The van der Waals surface area contributed by atoms with Gasteiger partial charge in [-0.2, -0.15) is 5.10 Å². The van der Waals surface area contributed by atoms with E-state index in [1.165, 1.54) is 7.11 Å². The Bertz CT molecular complexity index is 1270. The number of carbonyl (C=O) groups is 1. The minimum Gasteiger partial charge on any atom is -0.491 e. The summed E-state index contributed by atoms with van der Waals surface area (Å²) in [6.45, 7) is 3.80. The minimum absolute atomic E-state index is 0.0282. The second-order valence-electron chi connectivity index (χ2n) is 7.24. The molecule has 0 bridgehead atoms. The Labute approximate surface area is 184 Å². The van der Waals surface area contributed by atoms with Gasteiger partial charge in [-0.15, -0.1) is 0 Å². The van der Waals surface area contributed by atoms with Crippen molar-refractivity contribution in [3.05, 3.63) is 54.5 Å². The molecule has 4 aromatic rings. The van der Waals surface area contributed by atoms with Crippen LogP contribution in [0, 0.1) is 0 Å². The van der Waals surface area contributed by atoms with Crippen molar-refractivity contribution in [2.45, 2.75) is 19.9 Å². The molecular weight excluding hydrogens is 410 g/mol. The van der Waals surface area contributed by atoms with Crippen LogP contribution in [0.4, 0.5) is 11.6 Å². The number of carbonyl (C=O) groups excluding carboxylic acids is 1. The van der Waals surface area contributed by atoms with Gasteiger partial charge in [0.1, 0.15) is 11.5 Å². The van der Waals surface area contributed by atoms with Crippen molar-refractivity contribution in [2.24, 2.45) is 0 Å². The van der Waals surface area contributed by atoms with E-state index in [2.05, 4.69) is 30.7 Å². The van der Waals surface area contributed by atoms with Gasteiger partial charge in [0.05, 0.1) is 26.1 Å². The van der Waals surface area contributed by atoms with Gasteiger partial charge in [0.15, 0.2) is 17.2 Å². The van der Waals surface area contributed by atoms with Gasteiger partial charge in [0, 0.05) is 17.8 Å². The van der Waals surface area contributed by atoms with Crippen molar-refractivity contribution in [3.63, 3.8) is 0 Å². The maximum absolute atomic E-state index is 12.2. The summed E-state index contributed by atoms with van der Waals surface area (Å²) < 4.78 is 12.2. The first kappa shape index (κ1) is 21.0. The Morgan fingerprint density at radius 3 is 2.66 bits per heavy atom. The normalized spacial score (nSPS) is 10.9. The molecule has 164 valence electrons. The van der Waals surface area contributed by atoms with E-state index in [0.717, 1.165) is 5.56 Å². The van der Waals surface area contributed by atoms with Crippen LogP contribution >= 0.6 is 0 Å². The molecule has 0 spiro atoms. The van der Waals surface area contributed by atoms with E-state index >= 15 is 0 Å². The number of imidazole rings is 1. The zero-order valence-electron chi connectivity index (χ0n) is 18.2. The number of aromatic nitrogens is 5. The number of hydrogen-bond acceptors (Lipinski definition) is 8. The highest BCUT2D eigenvalue weighted by atomic mass is 16.5. The van der Waals surface area contributed by atoms with Crippen molar-refractivity contribution in [3.8, 4) is 22.9 Å². The number of pyridine rings is 2. The fourth-order valence-electron chi connectivity index (χ4n) is 3.07. The lowest BCUT2D eigenvalue weighted by molar-refractivity contribution is 0.0938. The predicted octanol–water partition coefficient (Wildman–Crippen LogP) is 3.09. The third-order valence-electron chi connectivity index (χ3n) is 4.50. The average Bonchev–Trinajstić information content (AvgIpc) is 3.19. The van der Waals surface area contributed by atoms with Gasteiger partial charge >= 0.3 is 0 Å². The fourth-order valence-corrected chi connectivity index (χ4v) is 3.07. The second-order valence-corrected chi connectivity index (χ2v) is 7.24. The molecule has 0 aliphatic heterocycles. The number of rotatable bonds is 7. The molecule has 10 nitrogen and oxygen atoms in total. The Balaban J connectivity index is 1.58. The zero-order chi connectivity index (χ0) is 22.7. The second kappa shape index (κ2) is 8.88.